The number of fused-ring (bicyclic) bond motifs is 1. The predicted octanol–water partition coefficient (Wildman–Crippen LogP) is 2.12. The fourth-order valence-electron chi connectivity index (χ4n) is 7.70. The Hall–Kier alpha value is -3.87. The van der Waals surface area contributed by atoms with Crippen molar-refractivity contribution in [2.24, 2.45) is 28.6 Å². The van der Waals surface area contributed by atoms with Gasteiger partial charge in [-0.1, -0.05) is 73.3 Å². The van der Waals surface area contributed by atoms with Crippen LogP contribution in [0.2, 0.25) is 0 Å². The van der Waals surface area contributed by atoms with E-state index in [1.54, 1.807) is 4.90 Å². The number of aliphatic hydroxyl groups is 1. The molecule has 1 aliphatic heterocycles. The topological polar surface area (TPSA) is 183 Å². The van der Waals surface area contributed by atoms with Gasteiger partial charge in [-0.05, 0) is 47.8 Å². The van der Waals surface area contributed by atoms with Crippen LogP contribution in [0.1, 0.15) is 97.0 Å². The van der Waals surface area contributed by atoms with E-state index >= 15 is 0 Å². The van der Waals surface area contributed by atoms with Crippen molar-refractivity contribution in [1.82, 2.24) is 36.1 Å². The highest BCUT2D eigenvalue weighted by Gasteiger charge is 2.70. The van der Waals surface area contributed by atoms with Crippen molar-refractivity contribution in [3.63, 3.8) is 0 Å². The van der Waals surface area contributed by atoms with Crippen LogP contribution < -0.4 is 21.3 Å². The fraction of sp³-hybridized carbons (Fsp3) is 0.694. The van der Waals surface area contributed by atoms with E-state index in [0.29, 0.717) is 19.4 Å². The maximum absolute atomic E-state index is 14.5. The quantitative estimate of drug-likeness (QED) is 0.185. The number of amides is 5. The number of carbonyl (C=O) groups is 5. The van der Waals surface area contributed by atoms with E-state index in [9.17, 15) is 29.1 Å². The minimum Gasteiger partial charge on any atom is -0.381 e. The second-order valence-electron chi connectivity index (χ2n) is 15.5. The molecule has 5 N–H and O–H groups in total. The first kappa shape index (κ1) is 37.9. The molecule has 5 amide bonds. The molecule has 2 saturated carbocycles. The average molecular weight is 682 g/mol. The van der Waals surface area contributed by atoms with Crippen LogP contribution in [0, 0.1) is 28.6 Å². The normalized spacial score (nSPS) is 24.0. The maximum Gasteiger partial charge on any atom is 0.272 e. The highest BCUT2D eigenvalue weighted by molar-refractivity contribution is 5.98. The Morgan fingerprint density at radius 3 is 2.35 bits per heavy atom. The third-order valence-corrected chi connectivity index (χ3v) is 10.6. The molecule has 7 atom stereocenters. The largest absolute Gasteiger partial charge is 0.381 e. The molecule has 2 aliphatic carbocycles. The van der Waals surface area contributed by atoms with E-state index in [-0.39, 0.29) is 41.3 Å². The van der Waals surface area contributed by atoms with Crippen molar-refractivity contribution in [1.29, 1.82) is 0 Å². The highest BCUT2D eigenvalue weighted by atomic mass is 16.3. The van der Waals surface area contributed by atoms with Gasteiger partial charge >= 0.3 is 0 Å². The number of aromatic nitrogens is 2. The Morgan fingerprint density at radius 1 is 1.06 bits per heavy atom. The van der Waals surface area contributed by atoms with Crippen LogP contribution in [-0.2, 0) is 19.2 Å². The van der Waals surface area contributed by atoms with Gasteiger partial charge in [-0.25, -0.2) is 4.98 Å². The zero-order chi connectivity index (χ0) is 36.1. The first-order valence-corrected chi connectivity index (χ1v) is 17.7. The summed E-state index contributed by atoms with van der Waals surface area (Å²) in [6.45, 7) is 15.7. The summed E-state index contributed by atoms with van der Waals surface area (Å²) >= 11 is 0. The Balaban J connectivity index is 1.57. The third-order valence-electron chi connectivity index (χ3n) is 10.6. The molecule has 2 heterocycles. The summed E-state index contributed by atoms with van der Waals surface area (Å²) in [5.74, 6) is -2.57. The van der Waals surface area contributed by atoms with Crippen LogP contribution in [0.25, 0.3) is 0 Å². The Morgan fingerprint density at radius 2 is 1.76 bits per heavy atom. The van der Waals surface area contributed by atoms with E-state index < -0.39 is 59.3 Å². The number of nitrogens with one attached hydrogen (secondary N) is 4. The average Bonchev–Trinajstić information content (AvgIpc) is 3.38. The number of likely N-dealkylation sites (tertiary alicyclic amines) is 1. The Labute approximate surface area is 289 Å². The molecular weight excluding hydrogens is 626 g/mol. The number of hydrogen-bond acceptors (Lipinski definition) is 8. The summed E-state index contributed by atoms with van der Waals surface area (Å²) < 4.78 is 0. The molecule has 1 aromatic rings. The van der Waals surface area contributed by atoms with E-state index in [2.05, 4.69) is 51.7 Å². The van der Waals surface area contributed by atoms with Gasteiger partial charge < -0.3 is 31.3 Å². The second kappa shape index (κ2) is 15.8. The number of rotatable bonds is 14. The summed E-state index contributed by atoms with van der Waals surface area (Å²) in [6.07, 6.45) is 9.65. The molecule has 0 radical (unpaired) electrons. The number of nitrogens with zero attached hydrogens (tertiary/aromatic N) is 3. The molecule has 3 fully saturated rings. The molecule has 270 valence electrons. The van der Waals surface area contributed by atoms with Crippen molar-refractivity contribution in [3.8, 4) is 0 Å². The lowest BCUT2D eigenvalue weighted by molar-refractivity contribution is -0.146. The van der Waals surface area contributed by atoms with E-state index in [1.807, 2.05) is 27.7 Å². The number of aliphatic hydroxyl groups excluding tert-OH is 1. The van der Waals surface area contributed by atoms with Crippen LogP contribution in [-0.4, -0.2) is 92.9 Å². The molecule has 0 aromatic carbocycles. The molecule has 13 heteroatoms. The first-order chi connectivity index (χ1) is 23.1. The summed E-state index contributed by atoms with van der Waals surface area (Å²) in [7, 11) is 0. The van der Waals surface area contributed by atoms with Crippen molar-refractivity contribution in [2.75, 3.05) is 13.1 Å². The van der Waals surface area contributed by atoms with Crippen molar-refractivity contribution >= 4 is 29.5 Å². The summed E-state index contributed by atoms with van der Waals surface area (Å²) in [6, 6.07) is -3.59. The Bertz CT molecular complexity index is 1370. The Kier molecular flexibility index (Phi) is 12.2. The van der Waals surface area contributed by atoms with Crippen LogP contribution in [0.4, 0.5) is 0 Å². The molecular formula is C36H55N7O6. The van der Waals surface area contributed by atoms with Gasteiger partial charge in [0.25, 0.3) is 11.8 Å². The zero-order valence-electron chi connectivity index (χ0n) is 29.8. The van der Waals surface area contributed by atoms with Crippen molar-refractivity contribution in [2.45, 2.75) is 117 Å². The lowest BCUT2D eigenvalue weighted by atomic mass is 9.82. The van der Waals surface area contributed by atoms with Crippen LogP contribution in [0.3, 0.4) is 0 Å². The zero-order valence-corrected chi connectivity index (χ0v) is 29.8. The standard InChI is InChI=1S/C36H55N7O6/c1-8-13-23(28(44)33(48)39-16-9-2)40-32(47)27-25-22(36(25,6)7)20-43(27)34(49)29(35(3,4)5)42-31(46)26(21-14-11-10-12-15-21)41-30(45)24-19-37-17-18-38-24/h9,17-19,21-23,25-29,44H,2,8,10-16,20H2,1,3-7H3,(H,39,48)(H,40,47)(H,41,45)(H,42,46)/t22-,23?,25-,26-,27-,28?,29+/m0/s1. The fourth-order valence-corrected chi connectivity index (χ4v) is 7.70. The van der Waals surface area contributed by atoms with Gasteiger partial charge in [0.15, 0.2) is 6.10 Å². The molecule has 1 saturated heterocycles. The monoisotopic (exact) mass is 681 g/mol. The van der Waals surface area contributed by atoms with Crippen LogP contribution in [0.5, 0.6) is 0 Å². The van der Waals surface area contributed by atoms with Gasteiger partial charge in [-0.2, -0.15) is 0 Å². The van der Waals surface area contributed by atoms with Crippen molar-refractivity contribution < 1.29 is 29.1 Å². The van der Waals surface area contributed by atoms with Crippen molar-refractivity contribution in [3.05, 3.63) is 36.9 Å². The molecule has 3 aliphatic rings. The number of hydrogen-bond donors (Lipinski definition) is 5. The summed E-state index contributed by atoms with van der Waals surface area (Å²) in [5, 5.41) is 22.2. The maximum atomic E-state index is 14.5. The smallest absolute Gasteiger partial charge is 0.272 e. The summed E-state index contributed by atoms with van der Waals surface area (Å²) in [5.41, 5.74) is -0.834. The van der Waals surface area contributed by atoms with Gasteiger partial charge in [0.05, 0.1) is 12.2 Å². The van der Waals surface area contributed by atoms with Gasteiger partial charge in [-0.15, -0.1) is 6.58 Å². The molecule has 0 bridgehead atoms. The number of piperidine rings is 1. The minimum absolute atomic E-state index is 0.0789. The molecule has 1 aromatic heterocycles. The van der Waals surface area contributed by atoms with Crippen LogP contribution >= 0.6 is 0 Å². The molecule has 13 nitrogen and oxygen atoms in total. The third kappa shape index (κ3) is 8.66. The first-order valence-electron chi connectivity index (χ1n) is 17.7. The van der Waals surface area contributed by atoms with Gasteiger partial charge in [0, 0.05) is 25.5 Å². The minimum atomic E-state index is -1.48. The van der Waals surface area contributed by atoms with Crippen LogP contribution in [0.15, 0.2) is 31.2 Å². The van der Waals surface area contributed by atoms with Gasteiger partial charge in [0.2, 0.25) is 17.7 Å². The number of carbonyl (C=O) groups excluding carboxylic acids is 5. The van der Waals surface area contributed by atoms with Gasteiger partial charge in [-0.3, -0.25) is 29.0 Å². The van der Waals surface area contributed by atoms with Gasteiger partial charge in [0.1, 0.15) is 23.8 Å². The molecule has 2 unspecified atom stereocenters. The summed E-state index contributed by atoms with van der Waals surface area (Å²) in [4.78, 5) is 78.1. The molecule has 49 heavy (non-hydrogen) atoms. The SMILES string of the molecule is C=CCNC(=O)C(O)C(CCC)NC(=O)[C@@H]1[C@@H]2[C@H](CN1C(=O)[C@@H](NC(=O)[C@@H](NC(=O)c1cnccn1)C1CCCCC1)C(C)(C)C)C2(C)C. The predicted molar refractivity (Wildman–Crippen MR) is 184 cm³/mol. The van der Waals surface area contributed by atoms with E-state index in [0.717, 1.165) is 32.1 Å². The lowest BCUT2D eigenvalue weighted by Gasteiger charge is -2.39. The highest BCUT2D eigenvalue weighted by Crippen LogP contribution is 2.65. The molecule has 0 spiro atoms. The van der Waals surface area contributed by atoms with E-state index in [4.69, 9.17) is 0 Å². The molecule has 4 rings (SSSR count). The lowest BCUT2D eigenvalue weighted by Crippen LogP contribution is -2.63. The van der Waals surface area contributed by atoms with E-state index in [1.165, 1.54) is 24.7 Å². The second-order valence-corrected chi connectivity index (χ2v) is 15.5.